The van der Waals surface area contributed by atoms with E-state index < -0.39 is 5.97 Å². The number of aliphatic carboxylic acids is 1. The van der Waals surface area contributed by atoms with Gasteiger partial charge in [0.1, 0.15) is 5.75 Å². The van der Waals surface area contributed by atoms with Gasteiger partial charge in [-0.3, -0.25) is 4.79 Å². The molecule has 0 amide bonds. The number of phenols is 1. The molecule has 3 nitrogen and oxygen atoms in total. The summed E-state index contributed by atoms with van der Waals surface area (Å²) in [6.45, 7) is 0. The van der Waals surface area contributed by atoms with Gasteiger partial charge in [0.05, 0.1) is 0 Å². The fraction of sp³-hybridized carbons (Fsp3) is 0.222. The molecule has 1 unspecified atom stereocenters. The Morgan fingerprint density at radius 2 is 2.15 bits per heavy atom. The van der Waals surface area contributed by atoms with Crippen LogP contribution in [0.25, 0.3) is 0 Å². The zero-order chi connectivity index (χ0) is 9.84. The Morgan fingerprint density at radius 3 is 2.69 bits per heavy atom. The lowest BCUT2D eigenvalue weighted by Gasteiger charge is -2.02. The summed E-state index contributed by atoms with van der Waals surface area (Å²) in [6, 6.07) is 5.06. The molecule has 0 aliphatic heterocycles. The minimum atomic E-state index is -0.807. The molecular formula is C9H11O3P. The molecule has 13 heavy (non-hydrogen) atoms. The molecule has 4 heteroatoms. The SMILES string of the molecule is O=C(O)CCc1ccc(O)c(P)c1. The summed E-state index contributed by atoms with van der Waals surface area (Å²) in [5.41, 5.74) is 0.921. The summed E-state index contributed by atoms with van der Waals surface area (Å²) in [5, 5.41) is 18.3. The van der Waals surface area contributed by atoms with Crippen LogP contribution in [0.2, 0.25) is 0 Å². The number of hydrogen-bond donors (Lipinski definition) is 2. The van der Waals surface area contributed by atoms with Crippen LogP contribution < -0.4 is 5.30 Å². The van der Waals surface area contributed by atoms with Gasteiger partial charge in [0.15, 0.2) is 0 Å². The number of aromatic hydroxyl groups is 1. The molecule has 2 N–H and O–H groups in total. The first-order valence-corrected chi connectivity index (χ1v) is 4.46. The van der Waals surface area contributed by atoms with Gasteiger partial charge in [-0.05, 0) is 24.1 Å². The molecule has 0 spiro atoms. The van der Waals surface area contributed by atoms with Crippen molar-refractivity contribution in [2.75, 3.05) is 0 Å². The quantitative estimate of drug-likeness (QED) is 0.710. The van der Waals surface area contributed by atoms with Gasteiger partial charge >= 0.3 is 5.97 Å². The van der Waals surface area contributed by atoms with E-state index >= 15 is 0 Å². The zero-order valence-electron chi connectivity index (χ0n) is 7.03. The van der Waals surface area contributed by atoms with Crippen LogP contribution >= 0.6 is 9.24 Å². The Balaban J connectivity index is 2.68. The maximum Gasteiger partial charge on any atom is 0.303 e. The van der Waals surface area contributed by atoms with E-state index in [0.717, 1.165) is 5.56 Å². The number of rotatable bonds is 3. The van der Waals surface area contributed by atoms with Crippen molar-refractivity contribution in [3.63, 3.8) is 0 Å². The lowest BCUT2D eigenvalue weighted by atomic mass is 10.1. The average Bonchev–Trinajstić information content (AvgIpc) is 2.07. The molecule has 0 aliphatic rings. The van der Waals surface area contributed by atoms with Crippen molar-refractivity contribution >= 4 is 20.5 Å². The van der Waals surface area contributed by atoms with Crippen LogP contribution in [0, 0.1) is 0 Å². The van der Waals surface area contributed by atoms with Crippen molar-refractivity contribution in [3.05, 3.63) is 23.8 Å². The molecule has 0 heterocycles. The minimum Gasteiger partial charge on any atom is -0.507 e. The lowest BCUT2D eigenvalue weighted by Crippen LogP contribution is -2.00. The van der Waals surface area contributed by atoms with Crippen LogP contribution in [0.1, 0.15) is 12.0 Å². The fourth-order valence-corrected chi connectivity index (χ4v) is 1.32. The van der Waals surface area contributed by atoms with Crippen LogP contribution in [0.3, 0.4) is 0 Å². The van der Waals surface area contributed by atoms with Crippen molar-refractivity contribution in [1.29, 1.82) is 0 Å². The topological polar surface area (TPSA) is 57.5 Å². The van der Waals surface area contributed by atoms with Crippen molar-refractivity contribution in [3.8, 4) is 5.75 Å². The van der Waals surface area contributed by atoms with Gasteiger partial charge in [-0.2, -0.15) is 0 Å². The van der Waals surface area contributed by atoms with Crippen molar-refractivity contribution < 1.29 is 15.0 Å². The Kier molecular flexibility index (Phi) is 3.26. The van der Waals surface area contributed by atoms with E-state index in [1.165, 1.54) is 0 Å². The van der Waals surface area contributed by atoms with E-state index in [9.17, 15) is 9.90 Å². The van der Waals surface area contributed by atoms with Crippen LogP contribution in [0.5, 0.6) is 5.75 Å². The lowest BCUT2D eigenvalue weighted by molar-refractivity contribution is -0.136. The highest BCUT2D eigenvalue weighted by Gasteiger charge is 2.01. The van der Waals surface area contributed by atoms with Crippen molar-refractivity contribution in [1.82, 2.24) is 0 Å². The number of benzene rings is 1. The maximum absolute atomic E-state index is 10.3. The third-order valence-corrected chi connectivity index (χ3v) is 2.18. The van der Waals surface area contributed by atoms with Gasteiger partial charge in [-0.25, -0.2) is 0 Å². The first kappa shape index (κ1) is 10.0. The molecular weight excluding hydrogens is 187 g/mol. The number of carboxylic acid groups (broad SMARTS) is 1. The number of carbonyl (C=O) groups is 1. The van der Waals surface area contributed by atoms with Crippen molar-refractivity contribution in [2.24, 2.45) is 0 Å². The molecule has 0 radical (unpaired) electrons. The molecule has 1 aromatic carbocycles. The molecule has 0 aliphatic carbocycles. The Hall–Kier alpha value is -1.08. The third kappa shape index (κ3) is 3.03. The monoisotopic (exact) mass is 198 g/mol. The summed E-state index contributed by atoms with van der Waals surface area (Å²) in [6.07, 6.45) is 0.617. The Bertz CT molecular complexity index is 323. The maximum atomic E-state index is 10.3. The summed E-state index contributed by atoms with van der Waals surface area (Å²) >= 11 is 0. The fourth-order valence-electron chi connectivity index (χ4n) is 1.01. The molecule has 70 valence electrons. The standard InChI is InChI=1S/C9H11O3P/c10-7-3-1-6(5-8(7)13)2-4-9(11)12/h1,3,5,10H,2,4,13H2,(H,11,12). The summed E-state index contributed by atoms with van der Waals surface area (Å²) in [5.74, 6) is -0.595. The number of carboxylic acids is 1. The molecule has 0 bridgehead atoms. The van der Waals surface area contributed by atoms with Crippen molar-refractivity contribution in [2.45, 2.75) is 12.8 Å². The van der Waals surface area contributed by atoms with Gasteiger partial charge in [0.2, 0.25) is 0 Å². The minimum absolute atomic E-state index is 0.120. The van der Waals surface area contributed by atoms with Crippen LogP contribution in [-0.2, 0) is 11.2 Å². The Morgan fingerprint density at radius 1 is 1.46 bits per heavy atom. The van der Waals surface area contributed by atoms with E-state index in [2.05, 4.69) is 9.24 Å². The summed E-state index contributed by atoms with van der Waals surface area (Å²) in [7, 11) is 2.40. The van der Waals surface area contributed by atoms with E-state index in [0.29, 0.717) is 11.7 Å². The van der Waals surface area contributed by atoms with Gasteiger partial charge < -0.3 is 10.2 Å². The predicted molar refractivity (Wildman–Crippen MR) is 53.4 cm³/mol. The van der Waals surface area contributed by atoms with Gasteiger partial charge in [-0.15, -0.1) is 9.24 Å². The first-order chi connectivity index (χ1) is 6.09. The van der Waals surface area contributed by atoms with Crippen LogP contribution in [-0.4, -0.2) is 16.2 Å². The molecule has 1 rings (SSSR count). The van der Waals surface area contributed by atoms with Crippen LogP contribution in [0.4, 0.5) is 0 Å². The molecule has 0 fully saturated rings. The molecule has 0 aromatic heterocycles. The highest BCUT2D eigenvalue weighted by atomic mass is 31.0. The average molecular weight is 198 g/mol. The van der Waals surface area contributed by atoms with E-state index in [4.69, 9.17) is 5.11 Å². The summed E-state index contributed by atoms with van der Waals surface area (Å²) < 4.78 is 0. The largest absolute Gasteiger partial charge is 0.507 e. The second-order valence-corrected chi connectivity index (χ2v) is 3.41. The van der Waals surface area contributed by atoms with Crippen LogP contribution in [0.15, 0.2) is 18.2 Å². The molecule has 1 atom stereocenters. The smallest absolute Gasteiger partial charge is 0.303 e. The molecule has 1 aromatic rings. The molecule has 0 saturated heterocycles. The van der Waals surface area contributed by atoms with E-state index in [1.807, 2.05) is 0 Å². The number of aryl methyl sites for hydroxylation is 1. The Labute approximate surface area is 78.6 Å². The highest BCUT2D eigenvalue weighted by molar-refractivity contribution is 7.27. The number of phenolic OH excluding ortho intramolecular Hbond substituents is 1. The van der Waals surface area contributed by atoms with Gasteiger partial charge in [-0.1, -0.05) is 6.07 Å². The second kappa shape index (κ2) is 4.24. The van der Waals surface area contributed by atoms with E-state index in [-0.39, 0.29) is 12.2 Å². The first-order valence-electron chi connectivity index (χ1n) is 3.89. The van der Waals surface area contributed by atoms with E-state index in [1.54, 1.807) is 18.2 Å². The predicted octanol–water partition coefficient (Wildman–Crippen LogP) is 0.910. The third-order valence-electron chi connectivity index (χ3n) is 1.72. The molecule has 0 saturated carbocycles. The zero-order valence-corrected chi connectivity index (χ0v) is 8.18. The highest BCUT2D eigenvalue weighted by Crippen LogP contribution is 2.12. The number of hydrogen-bond acceptors (Lipinski definition) is 2. The van der Waals surface area contributed by atoms with Gasteiger partial charge in [0.25, 0.3) is 0 Å². The second-order valence-electron chi connectivity index (χ2n) is 2.79. The normalized spacial score (nSPS) is 9.92. The van der Waals surface area contributed by atoms with Gasteiger partial charge in [0, 0.05) is 11.7 Å². The summed E-state index contributed by atoms with van der Waals surface area (Å²) in [4.78, 5) is 10.3.